The fourth-order valence-corrected chi connectivity index (χ4v) is 3.59. The van der Waals surface area contributed by atoms with Crippen molar-refractivity contribution in [2.24, 2.45) is 5.92 Å². The standard InChI is InChI=1S/C20H30N2O4/c1-22(10-7-15-5-3-2-4-6-15)13-18-19(23)17(14-26-18)21-20(24)16-8-11-25-12-9-16/h2-6,16-19,23H,7-14H2,1H3,(H,21,24). The van der Waals surface area contributed by atoms with E-state index >= 15 is 0 Å². The number of nitrogens with one attached hydrogen (secondary N) is 1. The fraction of sp³-hybridized carbons (Fsp3) is 0.650. The van der Waals surface area contributed by atoms with E-state index in [0.29, 0.717) is 26.4 Å². The molecule has 2 saturated heterocycles. The summed E-state index contributed by atoms with van der Waals surface area (Å²) < 4.78 is 11.1. The summed E-state index contributed by atoms with van der Waals surface area (Å²) in [7, 11) is 2.03. The number of benzene rings is 1. The molecule has 0 spiro atoms. The normalized spacial score (nSPS) is 27.0. The molecule has 3 atom stereocenters. The van der Waals surface area contributed by atoms with Crippen LogP contribution in [0.5, 0.6) is 0 Å². The first-order chi connectivity index (χ1) is 12.6. The summed E-state index contributed by atoms with van der Waals surface area (Å²) in [6.45, 7) is 3.19. The highest BCUT2D eigenvalue weighted by atomic mass is 16.5. The molecule has 0 aromatic heterocycles. The second-order valence-electron chi connectivity index (χ2n) is 7.36. The number of rotatable bonds is 7. The molecule has 26 heavy (non-hydrogen) atoms. The van der Waals surface area contributed by atoms with E-state index in [1.807, 2.05) is 25.2 Å². The Morgan fingerprint density at radius 3 is 2.73 bits per heavy atom. The van der Waals surface area contributed by atoms with Gasteiger partial charge in [-0.05, 0) is 31.9 Å². The van der Waals surface area contributed by atoms with E-state index in [4.69, 9.17) is 9.47 Å². The van der Waals surface area contributed by atoms with E-state index in [0.717, 1.165) is 25.8 Å². The smallest absolute Gasteiger partial charge is 0.223 e. The molecule has 144 valence electrons. The number of nitrogens with zero attached hydrogens (tertiary/aromatic N) is 1. The highest BCUT2D eigenvalue weighted by molar-refractivity contribution is 5.79. The van der Waals surface area contributed by atoms with Crippen molar-refractivity contribution in [1.82, 2.24) is 10.2 Å². The van der Waals surface area contributed by atoms with E-state index in [9.17, 15) is 9.90 Å². The van der Waals surface area contributed by atoms with E-state index < -0.39 is 6.10 Å². The van der Waals surface area contributed by atoms with Gasteiger partial charge >= 0.3 is 0 Å². The minimum absolute atomic E-state index is 0.0106. The van der Waals surface area contributed by atoms with Gasteiger partial charge in [0.1, 0.15) is 6.10 Å². The molecule has 0 radical (unpaired) electrons. The minimum Gasteiger partial charge on any atom is -0.388 e. The molecule has 2 heterocycles. The van der Waals surface area contributed by atoms with Crippen LogP contribution in [0.1, 0.15) is 18.4 Å². The molecule has 2 fully saturated rings. The predicted octanol–water partition coefficient (Wildman–Crippen LogP) is 0.832. The summed E-state index contributed by atoms with van der Waals surface area (Å²) in [5, 5.41) is 13.5. The number of ether oxygens (including phenoxy) is 2. The van der Waals surface area contributed by atoms with Crippen molar-refractivity contribution in [3.63, 3.8) is 0 Å². The predicted molar refractivity (Wildman–Crippen MR) is 98.9 cm³/mol. The van der Waals surface area contributed by atoms with Crippen LogP contribution in [0, 0.1) is 5.92 Å². The summed E-state index contributed by atoms with van der Waals surface area (Å²) in [6.07, 6.45) is 1.53. The fourth-order valence-electron chi connectivity index (χ4n) is 3.59. The first-order valence-electron chi connectivity index (χ1n) is 9.53. The number of carbonyl (C=O) groups is 1. The van der Waals surface area contributed by atoms with Gasteiger partial charge in [-0.15, -0.1) is 0 Å². The van der Waals surface area contributed by atoms with Gasteiger partial charge in [0.25, 0.3) is 0 Å². The van der Waals surface area contributed by atoms with Crippen LogP contribution in [0.15, 0.2) is 30.3 Å². The van der Waals surface area contributed by atoms with Gasteiger partial charge in [-0.1, -0.05) is 30.3 Å². The van der Waals surface area contributed by atoms with Gasteiger partial charge in [0, 0.05) is 32.2 Å². The number of hydrogen-bond acceptors (Lipinski definition) is 5. The second kappa shape index (κ2) is 9.46. The van der Waals surface area contributed by atoms with Crippen molar-refractivity contribution in [3.8, 4) is 0 Å². The highest BCUT2D eigenvalue weighted by Crippen LogP contribution is 2.19. The molecule has 0 saturated carbocycles. The molecule has 6 heteroatoms. The molecular formula is C20H30N2O4. The quantitative estimate of drug-likeness (QED) is 0.752. The molecule has 3 rings (SSSR count). The molecule has 1 aromatic carbocycles. The van der Waals surface area contributed by atoms with Gasteiger partial charge in [0.15, 0.2) is 0 Å². The maximum Gasteiger partial charge on any atom is 0.223 e. The van der Waals surface area contributed by atoms with Crippen LogP contribution < -0.4 is 5.32 Å². The molecular weight excluding hydrogens is 332 g/mol. The Morgan fingerprint density at radius 2 is 2.00 bits per heavy atom. The van der Waals surface area contributed by atoms with Gasteiger partial charge in [0.05, 0.1) is 18.8 Å². The lowest BCUT2D eigenvalue weighted by molar-refractivity contribution is -0.129. The highest BCUT2D eigenvalue weighted by Gasteiger charge is 2.38. The summed E-state index contributed by atoms with van der Waals surface area (Å²) in [5.74, 6) is 0.00239. The molecule has 3 unspecified atom stereocenters. The number of likely N-dealkylation sites (N-methyl/N-ethyl adjacent to an activating group) is 1. The Kier molecular flexibility index (Phi) is 7.02. The van der Waals surface area contributed by atoms with Crippen LogP contribution in [0.25, 0.3) is 0 Å². The third-order valence-electron chi connectivity index (χ3n) is 5.32. The van der Waals surface area contributed by atoms with E-state index in [2.05, 4.69) is 22.3 Å². The van der Waals surface area contributed by atoms with Crippen molar-refractivity contribution in [1.29, 1.82) is 0 Å². The Hall–Kier alpha value is -1.47. The molecule has 2 N–H and O–H groups in total. The molecule has 0 bridgehead atoms. The average Bonchev–Trinajstić information content (AvgIpc) is 3.01. The zero-order valence-corrected chi connectivity index (χ0v) is 15.5. The largest absolute Gasteiger partial charge is 0.388 e. The SMILES string of the molecule is CN(CCc1ccccc1)CC1OCC(NC(=O)C2CCOCC2)C1O. The molecule has 1 aromatic rings. The van der Waals surface area contributed by atoms with E-state index in [1.54, 1.807) is 0 Å². The van der Waals surface area contributed by atoms with Gasteiger partial charge in [0.2, 0.25) is 5.91 Å². The first kappa shape index (κ1) is 19.3. The zero-order chi connectivity index (χ0) is 18.4. The van der Waals surface area contributed by atoms with E-state index in [-0.39, 0.29) is 24.0 Å². The summed E-state index contributed by atoms with van der Waals surface area (Å²) >= 11 is 0. The zero-order valence-electron chi connectivity index (χ0n) is 15.5. The Morgan fingerprint density at radius 1 is 1.27 bits per heavy atom. The first-order valence-corrected chi connectivity index (χ1v) is 9.53. The number of hydrogen-bond donors (Lipinski definition) is 2. The summed E-state index contributed by atoms with van der Waals surface area (Å²) in [6, 6.07) is 10.0. The second-order valence-corrected chi connectivity index (χ2v) is 7.36. The number of aliphatic hydroxyl groups is 1. The third-order valence-corrected chi connectivity index (χ3v) is 5.32. The monoisotopic (exact) mass is 362 g/mol. The molecule has 2 aliphatic heterocycles. The molecule has 2 aliphatic rings. The lowest BCUT2D eigenvalue weighted by Crippen LogP contribution is -2.48. The van der Waals surface area contributed by atoms with Crippen LogP contribution >= 0.6 is 0 Å². The van der Waals surface area contributed by atoms with Crippen LogP contribution in [0.2, 0.25) is 0 Å². The lowest BCUT2D eigenvalue weighted by Gasteiger charge is -2.26. The Labute approximate surface area is 155 Å². The average molecular weight is 362 g/mol. The van der Waals surface area contributed by atoms with Gasteiger partial charge in [-0.2, -0.15) is 0 Å². The lowest BCUT2D eigenvalue weighted by atomic mass is 9.98. The van der Waals surface area contributed by atoms with Gasteiger partial charge in [-0.3, -0.25) is 4.79 Å². The maximum atomic E-state index is 12.3. The number of amides is 1. The van der Waals surface area contributed by atoms with Crippen molar-refractivity contribution in [2.45, 2.75) is 37.5 Å². The van der Waals surface area contributed by atoms with Crippen LogP contribution in [-0.2, 0) is 20.7 Å². The Balaban J connectivity index is 1.41. The van der Waals surface area contributed by atoms with Crippen LogP contribution in [0.4, 0.5) is 0 Å². The van der Waals surface area contributed by atoms with Gasteiger partial charge < -0.3 is 24.8 Å². The minimum atomic E-state index is -0.669. The number of carbonyl (C=O) groups excluding carboxylic acids is 1. The van der Waals surface area contributed by atoms with Crippen LogP contribution in [-0.4, -0.2) is 74.1 Å². The summed E-state index contributed by atoms with van der Waals surface area (Å²) in [4.78, 5) is 14.5. The van der Waals surface area contributed by atoms with Gasteiger partial charge in [-0.25, -0.2) is 0 Å². The van der Waals surface area contributed by atoms with Crippen molar-refractivity contribution in [3.05, 3.63) is 35.9 Å². The topological polar surface area (TPSA) is 71.0 Å². The van der Waals surface area contributed by atoms with Crippen LogP contribution in [0.3, 0.4) is 0 Å². The third kappa shape index (κ3) is 5.27. The van der Waals surface area contributed by atoms with Crippen molar-refractivity contribution >= 4 is 5.91 Å². The summed E-state index contributed by atoms with van der Waals surface area (Å²) in [5.41, 5.74) is 1.30. The number of aliphatic hydroxyl groups excluding tert-OH is 1. The Bertz CT molecular complexity index is 562. The van der Waals surface area contributed by atoms with Crippen molar-refractivity contribution < 1.29 is 19.4 Å². The molecule has 6 nitrogen and oxygen atoms in total. The molecule has 0 aliphatic carbocycles. The van der Waals surface area contributed by atoms with Crippen molar-refractivity contribution in [2.75, 3.05) is 40.0 Å². The maximum absolute atomic E-state index is 12.3. The molecule has 1 amide bonds. The van der Waals surface area contributed by atoms with E-state index in [1.165, 1.54) is 5.56 Å².